The first-order chi connectivity index (χ1) is 16.9. The molecule has 2 saturated heterocycles. The number of hydrogen-bond donors (Lipinski definition) is 6. The number of nitrogens with one attached hydrogen (secondary N) is 1. The van der Waals surface area contributed by atoms with Gasteiger partial charge >= 0.3 is 7.82 Å². The molecule has 6 N–H and O–H groups in total. The SMILES string of the molecule is CC(=O)NC1C(OCC(C)(C)CC(C)(C)CC(=O)N2CCC[C@H]2COP(=O)(O)O)OC(CO)C(O)C1O. The molecule has 0 aromatic heterocycles. The Kier molecular flexibility index (Phi) is 11.1. The summed E-state index contributed by atoms with van der Waals surface area (Å²) in [6.07, 6.45) is -2.90. The number of rotatable bonds is 12. The summed E-state index contributed by atoms with van der Waals surface area (Å²) in [5, 5.41) is 32.6. The molecular weight excluding hydrogens is 511 g/mol. The Morgan fingerprint density at radius 2 is 1.78 bits per heavy atom. The summed E-state index contributed by atoms with van der Waals surface area (Å²) >= 11 is 0. The Morgan fingerprint density at radius 3 is 2.35 bits per heavy atom. The van der Waals surface area contributed by atoms with Crippen LogP contribution in [0.4, 0.5) is 0 Å². The first-order valence-corrected chi connectivity index (χ1v) is 14.0. The smallest absolute Gasteiger partial charge is 0.394 e. The van der Waals surface area contributed by atoms with E-state index >= 15 is 0 Å². The first-order valence-electron chi connectivity index (χ1n) is 12.5. The minimum Gasteiger partial charge on any atom is -0.394 e. The molecule has 13 nitrogen and oxygen atoms in total. The number of hydrogen-bond acceptors (Lipinski definition) is 9. The van der Waals surface area contributed by atoms with E-state index in [1.165, 1.54) is 6.92 Å². The van der Waals surface area contributed by atoms with E-state index in [9.17, 15) is 29.5 Å². The minimum atomic E-state index is -4.62. The lowest BCUT2D eigenvalue weighted by Crippen LogP contribution is -2.64. The quantitative estimate of drug-likeness (QED) is 0.176. The van der Waals surface area contributed by atoms with Crippen LogP contribution in [0.5, 0.6) is 0 Å². The van der Waals surface area contributed by atoms with Crippen LogP contribution in [0.2, 0.25) is 0 Å². The van der Waals surface area contributed by atoms with E-state index in [4.69, 9.17) is 19.3 Å². The van der Waals surface area contributed by atoms with E-state index in [-0.39, 0.29) is 31.6 Å². The van der Waals surface area contributed by atoms with Crippen LogP contribution in [0.3, 0.4) is 0 Å². The van der Waals surface area contributed by atoms with Crippen LogP contribution >= 0.6 is 7.82 Å². The first kappa shape index (κ1) is 32.1. The largest absolute Gasteiger partial charge is 0.469 e. The molecule has 6 atom stereocenters. The van der Waals surface area contributed by atoms with Gasteiger partial charge in [0.15, 0.2) is 6.29 Å². The molecule has 37 heavy (non-hydrogen) atoms. The maximum absolute atomic E-state index is 13.1. The molecule has 2 amide bonds. The van der Waals surface area contributed by atoms with Crippen LogP contribution in [0.15, 0.2) is 0 Å². The summed E-state index contributed by atoms with van der Waals surface area (Å²) < 4.78 is 27.2. The highest BCUT2D eigenvalue weighted by Crippen LogP contribution is 2.39. The fraction of sp³-hybridized carbons (Fsp3) is 0.913. The van der Waals surface area contributed by atoms with E-state index < -0.39 is 61.8 Å². The molecule has 0 aromatic carbocycles. The summed E-state index contributed by atoms with van der Waals surface area (Å²) in [7, 11) is -4.62. The average molecular weight is 555 g/mol. The molecule has 14 heteroatoms. The Balaban J connectivity index is 1.98. The van der Waals surface area contributed by atoms with Crippen molar-refractivity contribution in [2.75, 3.05) is 26.4 Å². The Labute approximate surface area is 217 Å². The number of aliphatic hydroxyl groups is 3. The van der Waals surface area contributed by atoms with Crippen LogP contribution < -0.4 is 5.32 Å². The topological polar surface area (TPSA) is 195 Å². The Bertz CT molecular complexity index is 834. The van der Waals surface area contributed by atoms with Crippen molar-refractivity contribution in [1.29, 1.82) is 0 Å². The van der Waals surface area contributed by atoms with Crippen LogP contribution in [-0.2, 0) is 28.2 Å². The summed E-state index contributed by atoms with van der Waals surface area (Å²) in [6.45, 7) is 8.91. The van der Waals surface area contributed by atoms with Gasteiger partial charge in [-0.05, 0) is 30.1 Å². The van der Waals surface area contributed by atoms with Gasteiger partial charge in [0.2, 0.25) is 11.8 Å². The van der Waals surface area contributed by atoms with E-state index in [0.29, 0.717) is 19.4 Å². The zero-order chi connectivity index (χ0) is 28.2. The molecule has 5 unspecified atom stereocenters. The van der Waals surface area contributed by atoms with Crippen molar-refractivity contribution < 1.29 is 53.3 Å². The molecule has 0 aliphatic carbocycles. The molecule has 216 valence electrons. The van der Waals surface area contributed by atoms with E-state index in [0.717, 1.165) is 6.42 Å². The lowest BCUT2D eigenvalue weighted by molar-refractivity contribution is -0.276. The van der Waals surface area contributed by atoms with Crippen molar-refractivity contribution in [2.24, 2.45) is 10.8 Å². The number of amides is 2. The number of aliphatic hydroxyl groups excluding tert-OH is 3. The molecule has 2 aliphatic rings. The lowest BCUT2D eigenvalue weighted by Gasteiger charge is -2.43. The standard InChI is InChI=1S/C23H43N2O11P/c1-14(27)24-18-20(30)19(29)16(10-26)36-21(18)34-13-23(4,5)12-22(2,3)9-17(28)25-8-6-7-15(25)11-35-37(31,32)33/h15-16,18-21,26,29-30H,6-13H2,1-5H3,(H,24,27)(H2,31,32,33)/t15-,16?,18?,19?,20?,21?/m0/s1. The third-order valence-electron chi connectivity index (χ3n) is 6.61. The van der Waals surface area contributed by atoms with Gasteiger partial charge in [0.05, 0.1) is 25.9 Å². The normalized spacial score (nSPS) is 29.4. The number of phosphoric ester groups is 1. The molecule has 2 fully saturated rings. The molecule has 0 spiro atoms. The second-order valence-electron chi connectivity index (χ2n) is 11.6. The molecule has 0 saturated carbocycles. The maximum atomic E-state index is 13.1. The molecule has 0 aromatic rings. The zero-order valence-corrected chi connectivity index (χ0v) is 23.1. The van der Waals surface area contributed by atoms with E-state index in [1.54, 1.807) is 4.90 Å². The summed E-state index contributed by atoms with van der Waals surface area (Å²) in [6, 6.07) is -1.43. The van der Waals surface area contributed by atoms with Gasteiger partial charge in [-0.3, -0.25) is 14.1 Å². The Morgan fingerprint density at radius 1 is 1.14 bits per heavy atom. The van der Waals surface area contributed by atoms with Crippen LogP contribution in [0.1, 0.15) is 60.3 Å². The predicted molar refractivity (Wildman–Crippen MR) is 131 cm³/mol. The second-order valence-corrected chi connectivity index (χ2v) is 12.8. The second kappa shape index (κ2) is 12.8. The highest BCUT2D eigenvalue weighted by Gasteiger charge is 2.46. The number of phosphoric acid groups is 1. The number of ether oxygens (including phenoxy) is 2. The van der Waals surface area contributed by atoms with Crippen molar-refractivity contribution in [3.63, 3.8) is 0 Å². The maximum Gasteiger partial charge on any atom is 0.469 e. The molecule has 2 rings (SSSR count). The highest BCUT2D eigenvalue weighted by atomic mass is 31.2. The molecule has 2 aliphatic heterocycles. The van der Waals surface area contributed by atoms with Gasteiger partial charge in [-0.15, -0.1) is 0 Å². The fourth-order valence-electron chi connectivity index (χ4n) is 5.36. The third-order valence-corrected chi connectivity index (χ3v) is 7.09. The van der Waals surface area contributed by atoms with Gasteiger partial charge in [-0.2, -0.15) is 0 Å². The van der Waals surface area contributed by atoms with Gasteiger partial charge in [-0.1, -0.05) is 27.7 Å². The molecular formula is C23H43N2O11P. The number of carbonyl (C=O) groups excluding carboxylic acids is 2. The van der Waals surface area contributed by atoms with Gasteiger partial charge in [0, 0.05) is 19.9 Å². The number of nitrogens with zero attached hydrogens (tertiary/aromatic N) is 1. The average Bonchev–Trinajstić information content (AvgIpc) is 3.22. The molecule has 0 bridgehead atoms. The minimum absolute atomic E-state index is 0.122. The summed E-state index contributed by atoms with van der Waals surface area (Å²) in [4.78, 5) is 44.3. The Hall–Kier alpha value is -1.15. The van der Waals surface area contributed by atoms with Crippen molar-refractivity contribution in [3.8, 4) is 0 Å². The highest BCUT2D eigenvalue weighted by molar-refractivity contribution is 7.46. The fourth-order valence-corrected chi connectivity index (χ4v) is 5.73. The molecule has 0 radical (unpaired) electrons. The number of carbonyl (C=O) groups is 2. The van der Waals surface area contributed by atoms with Crippen molar-refractivity contribution in [3.05, 3.63) is 0 Å². The summed E-state index contributed by atoms with van der Waals surface area (Å²) in [5.41, 5.74) is -0.938. The van der Waals surface area contributed by atoms with Crippen molar-refractivity contribution in [1.82, 2.24) is 10.2 Å². The van der Waals surface area contributed by atoms with Crippen molar-refractivity contribution in [2.45, 2.75) is 97.0 Å². The summed E-state index contributed by atoms with van der Waals surface area (Å²) in [5.74, 6) is -0.566. The van der Waals surface area contributed by atoms with E-state index in [1.807, 2.05) is 27.7 Å². The predicted octanol–water partition coefficient (Wildman–Crippen LogP) is -0.120. The number of likely N-dealkylation sites (tertiary alicyclic amines) is 1. The van der Waals surface area contributed by atoms with Crippen LogP contribution in [0.25, 0.3) is 0 Å². The van der Waals surface area contributed by atoms with Crippen LogP contribution in [0, 0.1) is 10.8 Å². The van der Waals surface area contributed by atoms with Gasteiger partial charge in [-0.25, -0.2) is 4.57 Å². The van der Waals surface area contributed by atoms with E-state index in [2.05, 4.69) is 9.84 Å². The molecule has 2 heterocycles. The van der Waals surface area contributed by atoms with Crippen LogP contribution in [-0.4, -0.2) is 105 Å². The van der Waals surface area contributed by atoms with Gasteiger partial charge < -0.3 is 44.8 Å². The third kappa shape index (κ3) is 9.83. The van der Waals surface area contributed by atoms with Crippen molar-refractivity contribution >= 4 is 19.6 Å². The van der Waals surface area contributed by atoms with Gasteiger partial charge in [0.1, 0.15) is 24.4 Å². The lowest BCUT2D eigenvalue weighted by atomic mass is 9.73. The zero-order valence-electron chi connectivity index (χ0n) is 22.2. The van der Waals surface area contributed by atoms with Gasteiger partial charge in [0.25, 0.3) is 0 Å². The monoisotopic (exact) mass is 554 g/mol.